The highest BCUT2D eigenvalue weighted by Gasteiger charge is 2.20. The van der Waals surface area contributed by atoms with Gasteiger partial charge < -0.3 is 4.42 Å². The minimum absolute atomic E-state index is 0.622. The second-order valence-electron chi connectivity index (χ2n) is 12.4. The Labute approximate surface area is 282 Å². The lowest BCUT2D eigenvalue weighted by molar-refractivity contribution is 0.673. The molecule has 2 heterocycles. The average molecular weight is 626 g/mol. The monoisotopic (exact) mass is 625 g/mol. The van der Waals surface area contributed by atoms with E-state index in [1.54, 1.807) is 0 Å². The van der Waals surface area contributed by atoms with Crippen LogP contribution in [0.2, 0.25) is 0 Å². The van der Waals surface area contributed by atoms with Gasteiger partial charge in [-0.1, -0.05) is 140 Å². The molecule has 4 nitrogen and oxygen atoms in total. The van der Waals surface area contributed by atoms with Crippen molar-refractivity contribution in [3.8, 4) is 45.3 Å². The van der Waals surface area contributed by atoms with E-state index in [0.29, 0.717) is 17.5 Å². The summed E-state index contributed by atoms with van der Waals surface area (Å²) in [5.41, 5.74) is 6.83. The number of rotatable bonds is 4. The Morgan fingerprint density at radius 2 is 0.959 bits per heavy atom. The van der Waals surface area contributed by atoms with E-state index in [-0.39, 0.29) is 0 Å². The van der Waals surface area contributed by atoms with Crippen LogP contribution >= 0.6 is 0 Å². The van der Waals surface area contributed by atoms with Crippen molar-refractivity contribution in [3.05, 3.63) is 164 Å². The normalized spacial score (nSPS) is 11.7. The molecule has 10 aromatic rings. The van der Waals surface area contributed by atoms with Crippen LogP contribution in [0.3, 0.4) is 0 Å². The number of nitrogens with zero attached hydrogens (tertiary/aromatic N) is 3. The standard InChI is InChI=1S/C45H27N3O/c1-2-13-30(14-3-1)43-46-44(38-20-10-16-29-12-6-7-17-34(29)38)48-45(47-43)40-27-39-36-24-23-33(32-22-21-28-11-4-5-15-31(28)25-32)26-41(36)49-42(39)37-19-9-8-18-35(37)40/h1-27H. The molecule has 4 heteroatoms. The Morgan fingerprint density at radius 1 is 0.327 bits per heavy atom. The van der Waals surface area contributed by atoms with Gasteiger partial charge in [-0.2, -0.15) is 0 Å². The van der Waals surface area contributed by atoms with Gasteiger partial charge in [0.05, 0.1) is 0 Å². The van der Waals surface area contributed by atoms with Gasteiger partial charge in [-0.3, -0.25) is 0 Å². The Bertz CT molecular complexity index is 2890. The third kappa shape index (κ3) is 4.57. The summed E-state index contributed by atoms with van der Waals surface area (Å²) < 4.78 is 6.69. The summed E-state index contributed by atoms with van der Waals surface area (Å²) in [5, 5.41) is 8.82. The van der Waals surface area contributed by atoms with Gasteiger partial charge in [0.1, 0.15) is 11.2 Å². The minimum Gasteiger partial charge on any atom is -0.455 e. The Kier molecular flexibility index (Phi) is 6.15. The van der Waals surface area contributed by atoms with E-state index in [1.807, 2.05) is 30.3 Å². The van der Waals surface area contributed by atoms with Crippen molar-refractivity contribution in [3.63, 3.8) is 0 Å². The molecule has 0 unspecified atom stereocenters. The van der Waals surface area contributed by atoms with E-state index in [1.165, 1.54) is 10.8 Å². The van der Waals surface area contributed by atoms with Crippen LogP contribution in [0.25, 0.3) is 99.5 Å². The Balaban J connectivity index is 1.21. The topological polar surface area (TPSA) is 51.8 Å². The van der Waals surface area contributed by atoms with E-state index in [4.69, 9.17) is 19.4 Å². The van der Waals surface area contributed by atoms with Crippen LogP contribution in [0.15, 0.2) is 168 Å². The summed E-state index contributed by atoms with van der Waals surface area (Å²) in [7, 11) is 0. The summed E-state index contributed by atoms with van der Waals surface area (Å²) >= 11 is 0. The molecule has 228 valence electrons. The molecule has 0 N–H and O–H groups in total. The second-order valence-corrected chi connectivity index (χ2v) is 12.4. The third-order valence-electron chi connectivity index (χ3n) is 9.50. The quantitative estimate of drug-likeness (QED) is 0.195. The van der Waals surface area contributed by atoms with Crippen LogP contribution in [0.5, 0.6) is 0 Å². The van der Waals surface area contributed by atoms with Crippen molar-refractivity contribution in [2.24, 2.45) is 0 Å². The van der Waals surface area contributed by atoms with Gasteiger partial charge in [0.2, 0.25) is 0 Å². The Morgan fingerprint density at radius 3 is 1.82 bits per heavy atom. The summed E-state index contributed by atoms with van der Waals surface area (Å²) in [5.74, 6) is 1.90. The number of benzene rings is 8. The molecule has 0 saturated carbocycles. The first kappa shape index (κ1) is 27.5. The summed E-state index contributed by atoms with van der Waals surface area (Å²) in [6.07, 6.45) is 0. The van der Waals surface area contributed by atoms with Crippen molar-refractivity contribution in [1.29, 1.82) is 0 Å². The van der Waals surface area contributed by atoms with Crippen molar-refractivity contribution in [2.75, 3.05) is 0 Å². The van der Waals surface area contributed by atoms with Crippen LogP contribution in [0, 0.1) is 0 Å². The third-order valence-corrected chi connectivity index (χ3v) is 9.50. The SMILES string of the molecule is c1ccc(-c2nc(-c3cccc4ccccc34)nc(-c3cc4c5ccc(-c6ccc7ccccc7c6)cc5oc4c4ccccc34)n2)cc1. The van der Waals surface area contributed by atoms with Crippen molar-refractivity contribution in [1.82, 2.24) is 15.0 Å². The van der Waals surface area contributed by atoms with Crippen LogP contribution in [-0.2, 0) is 0 Å². The maximum Gasteiger partial charge on any atom is 0.164 e. The molecule has 49 heavy (non-hydrogen) atoms. The number of aromatic nitrogens is 3. The molecule has 0 amide bonds. The number of hydrogen-bond donors (Lipinski definition) is 0. The van der Waals surface area contributed by atoms with Crippen molar-refractivity contribution in [2.45, 2.75) is 0 Å². The Hall–Kier alpha value is -6.65. The van der Waals surface area contributed by atoms with E-state index < -0.39 is 0 Å². The smallest absolute Gasteiger partial charge is 0.164 e. The van der Waals surface area contributed by atoms with Gasteiger partial charge in [0.25, 0.3) is 0 Å². The second kappa shape index (κ2) is 11.0. The van der Waals surface area contributed by atoms with Gasteiger partial charge >= 0.3 is 0 Å². The van der Waals surface area contributed by atoms with Crippen molar-refractivity contribution >= 4 is 54.3 Å². The molecular formula is C45H27N3O. The van der Waals surface area contributed by atoms with E-state index in [2.05, 4.69) is 133 Å². The molecular weight excluding hydrogens is 599 g/mol. The zero-order chi connectivity index (χ0) is 32.3. The molecule has 10 rings (SSSR count). The minimum atomic E-state index is 0.622. The van der Waals surface area contributed by atoms with E-state index in [0.717, 1.165) is 71.3 Å². The molecule has 0 aliphatic rings. The lowest BCUT2D eigenvalue weighted by Crippen LogP contribution is -2.01. The predicted octanol–water partition coefficient (Wildman–Crippen LogP) is 11.9. The maximum atomic E-state index is 6.69. The number of fused-ring (bicyclic) bond motifs is 7. The van der Waals surface area contributed by atoms with Gasteiger partial charge in [-0.05, 0) is 62.3 Å². The van der Waals surface area contributed by atoms with Crippen LogP contribution in [0.4, 0.5) is 0 Å². The summed E-state index contributed by atoms with van der Waals surface area (Å²) in [6, 6.07) is 56.9. The highest BCUT2D eigenvalue weighted by atomic mass is 16.3. The molecule has 0 bridgehead atoms. The molecule has 0 radical (unpaired) electrons. The van der Waals surface area contributed by atoms with E-state index in [9.17, 15) is 0 Å². The van der Waals surface area contributed by atoms with Gasteiger partial charge in [0.15, 0.2) is 17.5 Å². The maximum absolute atomic E-state index is 6.69. The molecule has 8 aromatic carbocycles. The molecule has 0 fully saturated rings. The van der Waals surface area contributed by atoms with Crippen LogP contribution in [0.1, 0.15) is 0 Å². The fourth-order valence-corrected chi connectivity index (χ4v) is 7.08. The van der Waals surface area contributed by atoms with E-state index >= 15 is 0 Å². The molecule has 0 saturated heterocycles. The molecule has 0 aliphatic carbocycles. The van der Waals surface area contributed by atoms with Gasteiger partial charge in [-0.15, -0.1) is 0 Å². The molecule has 0 spiro atoms. The fourth-order valence-electron chi connectivity index (χ4n) is 7.08. The largest absolute Gasteiger partial charge is 0.455 e. The number of furan rings is 1. The zero-order valence-electron chi connectivity index (χ0n) is 26.3. The lowest BCUT2D eigenvalue weighted by Gasteiger charge is -2.12. The lowest BCUT2D eigenvalue weighted by atomic mass is 9.98. The molecule has 0 aliphatic heterocycles. The van der Waals surface area contributed by atoms with Gasteiger partial charge in [-0.25, -0.2) is 15.0 Å². The highest BCUT2D eigenvalue weighted by Crippen LogP contribution is 2.41. The summed E-state index contributed by atoms with van der Waals surface area (Å²) in [6.45, 7) is 0. The molecule has 2 aromatic heterocycles. The predicted molar refractivity (Wildman–Crippen MR) is 201 cm³/mol. The first-order chi connectivity index (χ1) is 24.3. The van der Waals surface area contributed by atoms with Crippen LogP contribution in [-0.4, -0.2) is 15.0 Å². The van der Waals surface area contributed by atoms with Gasteiger partial charge in [0, 0.05) is 32.8 Å². The van der Waals surface area contributed by atoms with Crippen molar-refractivity contribution < 1.29 is 4.42 Å². The number of hydrogen-bond acceptors (Lipinski definition) is 4. The highest BCUT2D eigenvalue weighted by molar-refractivity contribution is 6.19. The zero-order valence-corrected chi connectivity index (χ0v) is 26.3. The first-order valence-corrected chi connectivity index (χ1v) is 16.4. The average Bonchev–Trinajstić information content (AvgIpc) is 3.55. The van der Waals surface area contributed by atoms with Crippen LogP contribution < -0.4 is 0 Å². The summed E-state index contributed by atoms with van der Waals surface area (Å²) in [4.78, 5) is 15.4. The fraction of sp³-hybridized carbons (Fsp3) is 0. The molecule has 0 atom stereocenters. The first-order valence-electron chi connectivity index (χ1n) is 16.4.